The van der Waals surface area contributed by atoms with Crippen molar-refractivity contribution in [2.75, 3.05) is 0 Å². The summed E-state index contributed by atoms with van der Waals surface area (Å²) in [7, 11) is 0. The molecule has 0 bridgehead atoms. The van der Waals surface area contributed by atoms with E-state index in [1.54, 1.807) is 6.21 Å². The zero-order valence-electron chi connectivity index (χ0n) is 6.31. The van der Waals surface area contributed by atoms with Crippen LogP contribution in [0.15, 0.2) is 16.9 Å². The Balaban J connectivity index is 3.43. The highest BCUT2D eigenvalue weighted by Crippen LogP contribution is 1.93. The first-order valence-electron chi connectivity index (χ1n) is 3.20. The second kappa shape index (κ2) is 5.35. The van der Waals surface area contributed by atoms with Gasteiger partial charge in [-0.25, -0.2) is 0 Å². The molecule has 52 valence electrons. The van der Waals surface area contributed by atoms with Crippen LogP contribution in [0.1, 0.15) is 27.2 Å². The molecule has 1 N–H and O–H groups in total. The van der Waals surface area contributed by atoms with Crippen LogP contribution in [0, 0.1) is 0 Å². The molecule has 2 nitrogen and oxygen atoms in total. The average Bonchev–Trinajstić information content (AvgIpc) is 1.89. The van der Waals surface area contributed by atoms with Gasteiger partial charge in [0.15, 0.2) is 0 Å². The fourth-order valence-corrected chi connectivity index (χ4v) is 0.324. The van der Waals surface area contributed by atoms with Gasteiger partial charge in [-0.05, 0) is 20.3 Å². The van der Waals surface area contributed by atoms with E-state index in [1.807, 2.05) is 13.1 Å². The van der Waals surface area contributed by atoms with E-state index in [0.717, 1.165) is 6.42 Å². The third kappa shape index (κ3) is 5.07. The highest BCUT2D eigenvalue weighted by molar-refractivity contribution is 5.52. The van der Waals surface area contributed by atoms with Crippen molar-refractivity contribution < 1.29 is 0 Å². The van der Waals surface area contributed by atoms with Crippen LogP contribution < -0.4 is 5.43 Å². The molecule has 9 heavy (non-hydrogen) atoms. The van der Waals surface area contributed by atoms with Gasteiger partial charge in [0, 0.05) is 12.4 Å². The van der Waals surface area contributed by atoms with Gasteiger partial charge < -0.3 is 0 Å². The number of hydrogen-bond acceptors (Lipinski definition) is 2. The lowest BCUT2D eigenvalue weighted by Gasteiger charge is -1.92. The lowest BCUT2D eigenvalue weighted by atomic mass is 10.3. The van der Waals surface area contributed by atoms with E-state index in [4.69, 9.17) is 0 Å². The SMILES string of the molecule is C/C=N\N/C=C(/C)CC. The van der Waals surface area contributed by atoms with Crippen LogP contribution in [0.3, 0.4) is 0 Å². The maximum Gasteiger partial charge on any atom is 0.0215 e. The van der Waals surface area contributed by atoms with Crippen LogP contribution in [0.25, 0.3) is 0 Å². The quantitative estimate of drug-likeness (QED) is 0.453. The van der Waals surface area contributed by atoms with Crippen LogP contribution in [-0.2, 0) is 0 Å². The monoisotopic (exact) mass is 126 g/mol. The van der Waals surface area contributed by atoms with E-state index >= 15 is 0 Å². The molecule has 2 heteroatoms. The van der Waals surface area contributed by atoms with Gasteiger partial charge in [-0.1, -0.05) is 12.5 Å². The van der Waals surface area contributed by atoms with Crippen molar-refractivity contribution in [2.45, 2.75) is 27.2 Å². The van der Waals surface area contributed by atoms with E-state index in [-0.39, 0.29) is 0 Å². The Hall–Kier alpha value is -0.790. The smallest absolute Gasteiger partial charge is 0.0215 e. The molecule has 0 aromatic heterocycles. The van der Waals surface area contributed by atoms with E-state index in [0.29, 0.717) is 0 Å². The summed E-state index contributed by atoms with van der Waals surface area (Å²) in [5, 5.41) is 3.81. The lowest BCUT2D eigenvalue weighted by molar-refractivity contribution is 0.934. The fourth-order valence-electron chi connectivity index (χ4n) is 0.324. The largest absolute Gasteiger partial charge is 0.286 e. The second-order valence-electron chi connectivity index (χ2n) is 1.86. The molecule has 0 saturated heterocycles. The molecule has 0 aliphatic heterocycles. The third-order valence-electron chi connectivity index (χ3n) is 1.07. The van der Waals surface area contributed by atoms with Gasteiger partial charge in [-0.2, -0.15) is 5.10 Å². The molecule has 0 unspecified atom stereocenters. The summed E-state index contributed by atoms with van der Waals surface area (Å²) in [6.07, 6.45) is 4.70. The molecular weight excluding hydrogens is 112 g/mol. The number of rotatable bonds is 3. The first-order chi connectivity index (χ1) is 4.31. The first kappa shape index (κ1) is 8.21. The molecule has 0 heterocycles. The van der Waals surface area contributed by atoms with Gasteiger partial charge in [-0.3, -0.25) is 5.43 Å². The summed E-state index contributed by atoms with van der Waals surface area (Å²) in [4.78, 5) is 0. The van der Waals surface area contributed by atoms with Crippen LogP contribution in [0.2, 0.25) is 0 Å². The number of hydrogen-bond donors (Lipinski definition) is 1. The Morgan fingerprint density at radius 1 is 1.67 bits per heavy atom. The summed E-state index contributed by atoms with van der Waals surface area (Å²) in [5.41, 5.74) is 4.10. The number of allylic oxidation sites excluding steroid dienone is 1. The number of hydrazone groups is 1. The Morgan fingerprint density at radius 2 is 2.33 bits per heavy atom. The summed E-state index contributed by atoms with van der Waals surface area (Å²) in [5.74, 6) is 0. The average molecular weight is 126 g/mol. The minimum absolute atomic E-state index is 1.08. The second-order valence-corrected chi connectivity index (χ2v) is 1.86. The number of nitrogens with zero attached hydrogens (tertiary/aromatic N) is 1. The predicted molar refractivity (Wildman–Crippen MR) is 41.3 cm³/mol. The molecule has 0 aromatic carbocycles. The standard InChI is InChI=1S/C7H14N2/c1-4-7(3)6-9-8-5-2/h5-6,9H,4H2,1-3H3/b7-6-,8-5-. The van der Waals surface area contributed by atoms with Gasteiger partial charge in [0.2, 0.25) is 0 Å². The number of nitrogens with one attached hydrogen (secondary N) is 1. The molecule has 0 radical (unpaired) electrons. The highest BCUT2D eigenvalue weighted by atomic mass is 15.3. The molecular formula is C7H14N2. The summed E-state index contributed by atoms with van der Waals surface area (Å²) in [6.45, 7) is 6.06. The highest BCUT2D eigenvalue weighted by Gasteiger charge is 1.77. The van der Waals surface area contributed by atoms with Crippen molar-refractivity contribution >= 4 is 6.21 Å². The minimum atomic E-state index is 1.08. The van der Waals surface area contributed by atoms with E-state index in [2.05, 4.69) is 24.4 Å². The summed E-state index contributed by atoms with van der Waals surface area (Å²) < 4.78 is 0. The van der Waals surface area contributed by atoms with Crippen LogP contribution >= 0.6 is 0 Å². The molecule has 0 amide bonds. The normalized spacial score (nSPS) is 12.6. The van der Waals surface area contributed by atoms with Crippen molar-refractivity contribution in [2.24, 2.45) is 5.10 Å². The van der Waals surface area contributed by atoms with Crippen LogP contribution in [0.5, 0.6) is 0 Å². The maximum atomic E-state index is 3.81. The van der Waals surface area contributed by atoms with E-state index in [1.165, 1.54) is 5.57 Å². The van der Waals surface area contributed by atoms with Gasteiger partial charge in [0.25, 0.3) is 0 Å². The molecule has 0 saturated carbocycles. The molecule has 0 fully saturated rings. The zero-order chi connectivity index (χ0) is 7.11. The maximum absolute atomic E-state index is 3.81. The molecule has 0 aliphatic carbocycles. The van der Waals surface area contributed by atoms with Crippen molar-refractivity contribution in [3.63, 3.8) is 0 Å². The van der Waals surface area contributed by atoms with Crippen LogP contribution in [-0.4, -0.2) is 6.21 Å². The Morgan fingerprint density at radius 3 is 2.78 bits per heavy atom. The van der Waals surface area contributed by atoms with E-state index < -0.39 is 0 Å². The first-order valence-corrected chi connectivity index (χ1v) is 3.20. The molecule has 0 aromatic rings. The van der Waals surface area contributed by atoms with Gasteiger partial charge in [0.1, 0.15) is 0 Å². The van der Waals surface area contributed by atoms with Gasteiger partial charge in [0.05, 0.1) is 0 Å². The third-order valence-corrected chi connectivity index (χ3v) is 1.07. The topological polar surface area (TPSA) is 24.4 Å². The molecule has 0 spiro atoms. The Labute approximate surface area is 56.7 Å². The Kier molecular flexibility index (Phi) is 4.88. The lowest BCUT2D eigenvalue weighted by Crippen LogP contribution is -1.93. The fraction of sp³-hybridized carbons (Fsp3) is 0.571. The molecule has 0 aliphatic rings. The van der Waals surface area contributed by atoms with Gasteiger partial charge in [-0.15, -0.1) is 0 Å². The van der Waals surface area contributed by atoms with Crippen molar-refractivity contribution in [3.8, 4) is 0 Å². The summed E-state index contributed by atoms with van der Waals surface area (Å²) in [6, 6.07) is 0. The van der Waals surface area contributed by atoms with Crippen LogP contribution in [0.4, 0.5) is 0 Å². The van der Waals surface area contributed by atoms with Gasteiger partial charge >= 0.3 is 0 Å². The predicted octanol–water partition coefficient (Wildman–Crippen LogP) is 1.90. The van der Waals surface area contributed by atoms with Crippen molar-refractivity contribution in [1.82, 2.24) is 5.43 Å². The Bertz CT molecular complexity index is 114. The summed E-state index contributed by atoms with van der Waals surface area (Å²) >= 11 is 0. The van der Waals surface area contributed by atoms with Crippen molar-refractivity contribution in [1.29, 1.82) is 0 Å². The van der Waals surface area contributed by atoms with E-state index in [9.17, 15) is 0 Å². The molecule has 0 atom stereocenters. The minimum Gasteiger partial charge on any atom is -0.286 e. The zero-order valence-corrected chi connectivity index (χ0v) is 6.31. The van der Waals surface area contributed by atoms with Crippen molar-refractivity contribution in [3.05, 3.63) is 11.8 Å². The molecule has 0 rings (SSSR count).